The molecule has 0 radical (unpaired) electrons. The number of likely N-dealkylation sites (N-methyl/N-ethyl adjacent to an activating group) is 1. The fourth-order valence-electron chi connectivity index (χ4n) is 2.99. The van der Waals surface area contributed by atoms with Crippen molar-refractivity contribution in [2.45, 2.75) is 32.4 Å². The number of thiophene rings is 1. The van der Waals surface area contributed by atoms with Crippen molar-refractivity contribution < 1.29 is 14.1 Å². The van der Waals surface area contributed by atoms with Crippen LogP contribution in [0.15, 0.2) is 28.1 Å². The molecule has 0 unspecified atom stereocenters. The maximum Gasteiger partial charge on any atom is 0.246 e. The zero-order chi connectivity index (χ0) is 16.8. The predicted molar refractivity (Wildman–Crippen MR) is 92.8 cm³/mol. The molecule has 2 aromatic rings. The monoisotopic (exact) mass is 349 g/mol. The fraction of sp³-hybridized carbons (Fsp3) is 0.529. The number of carbonyl (C=O) groups is 1. The number of aromatic nitrogens is 1. The molecular formula is C17H23N3O3S. The van der Waals surface area contributed by atoms with Gasteiger partial charge in [-0.05, 0) is 37.4 Å². The Labute approximate surface area is 145 Å². The van der Waals surface area contributed by atoms with Crippen molar-refractivity contribution in [3.8, 4) is 10.6 Å². The molecule has 1 atom stereocenters. The minimum absolute atomic E-state index is 0.0417. The summed E-state index contributed by atoms with van der Waals surface area (Å²) >= 11 is 1.60. The van der Waals surface area contributed by atoms with Gasteiger partial charge in [0.2, 0.25) is 5.91 Å². The van der Waals surface area contributed by atoms with Gasteiger partial charge in [-0.3, -0.25) is 9.69 Å². The van der Waals surface area contributed by atoms with Gasteiger partial charge in [0, 0.05) is 18.7 Å². The molecule has 0 spiro atoms. The number of ether oxygens (including phenoxy) is 1. The Bertz CT molecular complexity index is 641. The molecule has 2 aromatic heterocycles. The Morgan fingerprint density at radius 2 is 2.50 bits per heavy atom. The third kappa shape index (κ3) is 4.43. The molecule has 3 heterocycles. The largest absolute Gasteiger partial charge is 0.365 e. The van der Waals surface area contributed by atoms with Crippen molar-refractivity contribution in [2.24, 2.45) is 0 Å². The van der Waals surface area contributed by atoms with Gasteiger partial charge < -0.3 is 14.6 Å². The van der Waals surface area contributed by atoms with E-state index in [0.29, 0.717) is 18.3 Å². The number of hydrogen-bond acceptors (Lipinski definition) is 6. The van der Waals surface area contributed by atoms with Gasteiger partial charge >= 0.3 is 0 Å². The van der Waals surface area contributed by atoms with Gasteiger partial charge in [0.1, 0.15) is 12.3 Å². The van der Waals surface area contributed by atoms with Gasteiger partial charge in [-0.25, -0.2) is 0 Å². The van der Waals surface area contributed by atoms with Crippen molar-refractivity contribution in [1.82, 2.24) is 15.4 Å². The Hall–Kier alpha value is -1.70. The Balaban J connectivity index is 1.36. The average molecular weight is 349 g/mol. The summed E-state index contributed by atoms with van der Waals surface area (Å²) in [6.45, 7) is 5.34. The Morgan fingerprint density at radius 3 is 3.29 bits per heavy atom. The highest BCUT2D eigenvalue weighted by Crippen LogP contribution is 2.25. The van der Waals surface area contributed by atoms with Crippen molar-refractivity contribution in [3.63, 3.8) is 0 Å². The minimum atomic E-state index is -0.0834. The van der Waals surface area contributed by atoms with E-state index >= 15 is 0 Å². The maximum absolute atomic E-state index is 11.9. The second-order valence-corrected chi connectivity index (χ2v) is 6.83. The van der Waals surface area contributed by atoms with Gasteiger partial charge in [-0.1, -0.05) is 18.1 Å². The Morgan fingerprint density at radius 1 is 1.58 bits per heavy atom. The number of nitrogens with one attached hydrogen (secondary N) is 1. The molecule has 1 saturated heterocycles. The van der Waals surface area contributed by atoms with E-state index in [1.54, 1.807) is 11.3 Å². The molecule has 0 saturated carbocycles. The molecule has 7 heteroatoms. The molecule has 0 bridgehead atoms. The molecule has 1 aliphatic rings. The third-order valence-corrected chi connectivity index (χ3v) is 5.13. The van der Waals surface area contributed by atoms with Crippen molar-refractivity contribution in [3.05, 3.63) is 29.3 Å². The van der Waals surface area contributed by atoms with Crippen LogP contribution in [0, 0.1) is 0 Å². The van der Waals surface area contributed by atoms with Crippen LogP contribution >= 0.6 is 11.3 Å². The summed E-state index contributed by atoms with van der Waals surface area (Å²) in [5.41, 5.74) is 0.694. The summed E-state index contributed by atoms with van der Waals surface area (Å²) in [4.78, 5) is 15.3. The van der Waals surface area contributed by atoms with Gasteiger partial charge in [0.15, 0.2) is 5.76 Å². The van der Waals surface area contributed by atoms with Crippen LogP contribution in [0.3, 0.4) is 0 Å². The highest BCUT2D eigenvalue weighted by Gasteiger charge is 2.23. The first-order chi connectivity index (χ1) is 11.8. The number of rotatable bonds is 8. The quantitative estimate of drug-likeness (QED) is 0.793. The molecule has 1 N–H and O–H groups in total. The van der Waals surface area contributed by atoms with E-state index in [9.17, 15) is 4.79 Å². The summed E-state index contributed by atoms with van der Waals surface area (Å²) in [5, 5.41) is 8.91. The average Bonchev–Trinajstić information content (AvgIpc) is 3.32. The summed E-state index contributed by atoms with van der Waals surface area (Å²) < 4.78 is 10.7. The molecule has 3 rings (SSSR count). The first-order valence-corrected chi connectivity index (χ1v) is 9.22. The van der Waals surface area contributed by atoms with Crippen LogP contribution in [0.1, 0.15) is 25.5 Å². The van der Waals surface area contributed by atoms with Crippen LogP contribution in [-0.2, 0) is 16.1 Å². The molecular weight excluding hydrogens is 326 g/mol. The van der Waals surface area contributed by atoms with Crippen LogP contribution in [0.4, 0.5) is 0 Å². The SMILES string of the molecule is CCN1CCC[C@@H]1CNC(=O)COCc1cc(-c2cccs2)on1. The van der Waals surface area contributed by atoms with E-state index in [-0.39, 0.29) is 19.1 Å². The van der Waals surface area contributed by atoms with Gasteiger partial charge in [0.05, 0.1) is 11.5 Å². The van der Waals surface area contributed by atoms with Crippen molar-refractivity contribution in [1.29, 1.82) is 0 Å². The van der Waals surface area contributed by atoms with Crippen LogP contribution in [-0.4, -0.2) is 48.2 Å². The lowest BCUT2D eigenvalue weighted by Crippen LogP contribution is -2.41. The second-order valence-electron chi connectivity index (χ2n) is 5.88. The molecule has 0 aromatic carbocycles. The molecule has 1 fully saturated rings. The first-order valence-electron chi connectivity index (χ1n) is 8.34. The number of nitrogens with zero attached hydrogens (tertiary/aromatic N) is 2. The summed E-state index contributed by atoms with van der Waals surface area (Å²) in [6, 6.07) is 6.25. The molecule has 6 nitrogen and oxygen atoms in total. The van der Waals surface area contributed by atoms with E-state index in [1.807, 2.05) is 23.6 Å². The van der Waals surface area contributed by atoms with E-state index in [4.69, 9.17) is 9.26 Å². The minimum Gasteiger partial charge on any atom is -0.365 e. The number of amides is 1. The molecule has 130 valence electrons. The molecule has 24 heavy (non-hydrogen) atoms. The lowest BCUT2D eigenvalue weighted by molar-refractivity contribution is -0.126. The van der Waals surface area contributed by atoms with Crippen LogP contribution in [0.2, 0.25) is 0 Å². The van der Waals surface area contributed by atoms with E-state index in [0.717, 1.165) is 30.1 Å². The van der Waals surface area contributed by atoms with E-state index < -0.39 is 0 Å². The molecule has 1 aliphatic heterocycles. The third-order valence-electron chi connectivity index (χ3n) is 4.25. The predicted octanol–water partition coefficient (Wildman–Crippen LogP) is 2.52. The lowest BCUT2D eigenvalue weighted by Gasteiger charge is -2.22. The molecule has 1 amide bonds. The van der Waals surface area contributed by atoms with E-state index in [2.05, 4.69) is 22.3 Å². The second kappa shape index (κ2) is 8.41. The van der Waals surface area contributed by atoms with E-state index in [1.165, 1.54) is 6.42 Å². The smallest absolute Gasteiger partial charge is 0.246 e. The van der Waals surface area contributed by atoms with Crippen LogP contribution < -0.4 is 5.32 Å². The zero-order valence-corrected chi connectivity index (χ0v) is 14.7. The van der Waals surface area contributed by atoms with Gasteiger partial charge in [-0.2, -0.15) is 0 Å². The first kappa shape index (κ1) is 17.1. The summed E-state index contributed by atoms with van der Waals surface area (Å²) in [6.07, 6.45) is 2.36. The maximum atomic E-state index is 11.9. The summed E-state index contributed by atoms with van der Waals surface area (Å²) in [7, 11) is 0. The zero-order valence-electron chi connectivity index (χ0n) is 13.9. The number of likely N-dealkylation sites (tertiary alicyclic amines) is 1. The molecule has 0 aliphatic carbocycles. The summed E-state index contributed by atoms with van der Waals surface area (Å²) in [5.74, 6) is 0.647. The highest BCUT2D eigenvalue weighted by atomic mass is 32.1. The van der Waals surface area contributed by atoms with Crippen molar-refractivity contribution >= 4 is 17.2 Å². The fourth-order valence-corrected chi connectivity index (χ4v) is 3.66. The Kier molecular flexibility index (Phi) is 6.01. The van der Waals surface area contributed by atoms with Gasteiger partial charge in [-0.15, -0.1) is 11.3 Å². The van der Waals surface area contributed by atoms with Crippen LogP contribution in [0.5, 0.6) is 0 Å². The highest BCUT2D eigenvalue weighted by molar-refractivity contribution is 7.13. The number of carbonyl (C=O) groups excluding carboxylic acids is 1. The normalized spacial score (nSPS) is 18.1. The standard InChI is InChI=1S/C17H23N3O3S/c1-2-20-7-3-5-14(20)10-18-17(21)12-22-11-13-9-15(23-19-13)16-6-4-8-24-16/h4,6,8-9,14H,2-3,5,7,10-12H2,1H3,(H,18,21)/t14-/m1/s1. The van der Waals surface area contributed by atoms with Crippen LogP contribution in [0.25, 0.3) is 10.6 Å². The number of hydrogen-bond donors (Lipinski definition) is 1. The van der Waals surface area contributed by atoms with Gasteiger partial charge in [0.25, 0.3) is 0 Å². The topological polar surface area (TPSA) is 67.6 Å². The van der Waals surface area contributed by atoms with Crippen molar-refractivity contribution in [2.75, 3.05) is 26.2 Å². The lowest BCUT2D eigenvalue weighted by atomic mass is 10.2.